The molecule has 0 spiro atoms. The van der Waals surface area contributed by atoms with Crippen LogP contribution in [0.3, 0.4) is 0 Å². The van der Waals surface area contributed by atoms with E-state index in [2.05, 4.69) is 16.8 Å². The third-order valence-electron chi connectivity index (χ3n) is 5.01. The quantitative estimate of drug-likeness (QED) is 0.868. The number of carbonyl (C=O) groups is 1. The van der Waals surface area contributed by atoms with Gasteiger partial charge in [-0.3, -0.25) is 4.79 Å². The lowest BCUT2D eigenvalue weighted by Gasteiger charge is -2.36. The van der Waals surface area contributed by atoms with Gasteiger partial charge in [0.25, 0.3) is 0 Å². The number of likely N-dealkylation sites (tertiary alicyclic amines) is 1. The van der Waals surface area contributed by atoms with E-state index >= 15 is 0 Å². The Kier molecular flexibility index (Phi) is 4.66. The molecule has 5 heteroatoms. The molecule has 23 heavy (non-hydrogen) atoms. The molecule has 0 aliphatic carbocycles. The van der Waals surface area contributed by atoms with Crippen molar-refractivity contribution in [2.75, 3.05) is 26.7 Å². The maximum absolute atomic E-state index is 12.6. The molecule has 0 N–H and O–H groups in total. The Morgan fingerprint density at radius 3 is 2.78 bits per heavy atom. The van der Waals surface area contributed by atoms with Gasteiger partial charge in [-0.05, 0) is 37.9 Å². The molecule has 0 saturated carbocycles. The number of aromatic nitrogens is 2. The monoisotopic (exact) mass is 314 g/mol. The second kappa shape index (κ2) is 6.71. The lowest BCUT2D eigenvalue weighted by molar-refractivity contribution is -0.132. The molecular weight excluding hydrogens is 288 g/mol. The van der Waals surface area contributed by atoms with Gasteiger partial charge in [0.2, 0.25) is 5.91 Å². The van der Waals surface area contributed by atoms with E-state index in [1.165, 1.54) is 0 Å². The van der Waals surface area contributed by atoms with Crippen molar-refractivity contribution in [2.45, 2.75) is 39.2 Å². The highest BCUT2D eigenvalue weighted by Gasteiger charge is 2.25. The predicted molar refractivity (Wildman–Crippen MR) is 91.5 cm³/mol. The first-order valence-corrected chi connectivity index (χ1v) is 8.49. The van der Waals surface area contributed by atoms with Crippen LogP contribution in [0.15, 0.2) is 24.5 Å². The number of imidazole rings is 1. The Bertz CT molecular complexity index is 685. The van der Waals surface area contributed by atoms with Gasteiger partial charge in [0.1, 0.15) is 5.65 Å². The molecule has 5 nitrogen and oxygen atoms in total. The van der Waals surface area contributed by atoms with Gasteiger partial charge in [0.05, 0.1) is 12.1 Å². The smallest absolute Gasteiger partial charge is 0.228 e. The fraction of sp³-hybridized carbons (Fsp3) is 0.556. The van der Waals surface area contributed by atoms with Gasteiger partial charge in [-0.15, -0.1) is 0 Å². The Hall–Kier alpha value is -1.88. The maximum atomic E-state index is 12.6. The molecule has 1 amide bonds. The predicted octanol–water partition coefficient (Wildman–Crippen LogP) is 2.13. The number of carbonyl (C=O) groups excluding carboxylic acids is 1. The van der Waals surface area contributed by atoms with Gasteiger partial charge in [0.15, 0.2) is 0 Å². The number of hydrogen-bond acceptors (Lipinski definition) is 3. The van der Waals surface area contributed by atoms with Crippen LogP contribution in [-0.2, 0) is 11.2 Å². The van der Waals surface area contributed by atoms with Crippen LogP contribution in [0, 0.1) is 6.92 Å². The first kappa shape index (κ1) is 16.0. The SMILES string of the molecule is CCN1CCC(N(C)C(=O)Cc2cn3cccc(C)c3n2)CC1. The number of aryl methyl sites for hydroxylation is 1. The molecule has 2 aromatic heterocycles. The summed E-state index contributed by atoms with van der Waals surface area (Å²) in [5.74, 6) is 0.168. The topological polar surface area (TPSA) is 40.9 Å². The maximum Gasteiger partial charge on any atom is 0.228 e. The van der Waals surface area contributed by atoms with Crippen molar-refractivity contribution in [3.05, 3.63) is 35.8 Å². The van der Waals surface area contributed by atoms with Gasteiger partial charge in [-0.2, -0.15) is 0 Å². The number of fused-ring (bicyclic) bond motifs is 1. The first-order chi connectivity index (χ1) is 11.1. The van der Waals surface area contributed by atoms with E-state index < -0.39 is 0 Å². The molecule has 1 aliphatic rings. The third-order valence-corrected chi connectivity index (χ3v) is 5.01. The summed E-state index contributed by atoms with van der Waals surface area (Å²) >= 11 is 0. The van der Waals surface area contributed by atoms with Crippen molar-refractivity contribution >= 4 is 11.6 Å². The van der Waals surface area contributed by atoms with Crippen LogP contribution in [0.1, 0.15) is 31.0 Å². The first-order valence-electron chi connectivity index (χ1n) is 8.49. The number of hydrogen-bond donors (Lipinski definition) is 0. The Morgan fingerprint density at radius 1 is 1.39 bits per heavy atom. The average Bonchev–Trinajstić information content (AvgIpc) is 2.98. The van der Waals surface area contributed by atoms with E-state index in [0.29, 0.717) is 12.5 Å². The minimum atomic E-state index is 0.168. The number of pyridine rings is 1. The number of amides is 1. The summed E-state index contributed by atoms with van der Waals surface area (Å²) in [6.07, 6.45) is 6.47. The fourth-order valence-corrected chi connectivity index (χ4v) is 3.40. The van der Waals surface area contributed by atoms with Gasteiger partial charge in [0, 0.05) is 38.6 Å². The molecule has 2 aromatic rings. The van der Waals surface area contributed by atoms with Crippen LogP contribution in [0.4, 0.5) is 0 Å². The summed E-state index contributed by atoms with van der Waals surface area (Å²) in [4.78, 5) is 21.6. The van der Waals surface area contributed by atoms with Gasteiger partial charge in [-0.25, -0.2) is 4.98 Å². The highest BCUT2D eigenvalue weighted by atomic mass is 16.2. The molecule has 3 rings (SSSR count). The van der Waals surface area contributed by atoms with Gasteiger partial charge >= 0.3 is 0 Å². The summed E-state index contributed by atoms with van der Waals surface area (Å²) in [7, 11) is 1.94. The lowest BCUT2D eigenvalue weighted by atomic mass is 10.0. The van der Waals surface area contributed by atoms with E-state index in [0.717, 1.165) is 49.4 Å². The molecule has 124 valence electrons. The zero-order valence-corrected chi connectivity index (χ0v) is 14.3. The van der Waals surface area contributed by atoms with Crippen molar-refractivity contribution in [2.24, 2.45) is 0 Å². The highest BCUT2D eigenvalue weighted by Crippen LogP contribution is 2.17. The molecule has 1 fully saturated rings. The second-order valence-corrected chi connectivity index (χ2v) is 6.50. The summed E-state index contributed by atoms with van der Waals surface area (Å²) in [5.41, 5.74) is 2.92. The average molecular weight is 314 g/mol. The second-order valence-electron chi connectivity index (χ2n) is 6.50. The molecule has 0 atom stereocenters. The Balaban J connectivity index is 1.64. The standard InChI is InChI=1S/C18H26N4O/c1-4-21-10-7-16(8-11-21)20(3)17(23)12-15-13-22-9-5-6-14(2)18(22)19-15/h5-6,9,13,16H,4,7-8,10-12H2,1-3H3. The fourth-order valence-electron chi connectivity index (χ4n) is 3.40. The van der Waals surface area contributed by atoms with Crippen LogP contribution in [0.2, 0.25) is 0 Å². The molecule has 0 radical (unpaired) electrons. The minimum absolute atomic E-state index is 0.168. The van der Waals surface area contributed by atoms with Crippen molar-refractivity contribution in [3.63, 3.8) is 0 Å². The van der Waals surface area contributed by atoms with Crippen LogP contribution < -0.4 is 0 Å². The minimum Gasteiger partial charge on any atom is -0.342 e. The van der Waals surface area contributed by atoms with E-state index in [9.17, 15) is 4.79 Å². The lowest BCUT2D eigenvalue weighted by Crippen LogP contribution is -2.45. The summed E-state index contributed by atoms with van der Waals surface area (Å²) in [6, 6.07) is 4.41. The van der Waals surface area contributed by atoms with Crippen molar-refractivity contribution in [3.8, 4) is 0 Å². The molecule has 1 aliphatic heterocycles. The van der Waals surface area contributed by atoms with Crippen molar-refractivity contribution < 1.29 is 4.79 Å². The van der Waals surface area contributed by atoms with Crippen LogP contribution >= 0.6 is 0 Å². The molecule has 3 heterocycles. The third kappa shape index (κ3) is 3.39. The summed E-state index contributed by atoms with van der Waals surface area (Å²) in [5, 5.41) is 0. The Morgan fingerprint density at radius 2 is 2.13 bits per heavy atom. The summed E-state index contributed by atoms with van der Waals surface area (Å²) < 4.78 is 2.00. The molecule has 1 saturated heterocycles. The van der Waals surface area contributed by atoms with Crippen molar-refractivity contribution in [1.29, 1.82) is 0 Å². The van der Waals surface area contributed by atoms with Crippen molar-refractivity contribution in [1.82, 2.24) is 19.2 Å². The molecule has 0 aromatic carbocycles. The van der Waals surface area contributed by atoms with E-state index in [4.69, 9.17) is 0 Å². The van der Waals surface area contributed by atoms with Crippen LogP contribution in [0.5, 0.6) is 0 Å². The number of piperidine rings is 1. The van der Waals surface area contributed by atoms with E-state index in [1.807, 2.05) is 47.8 Å². The van der Waals surface area contributed by atoms with E-state index in [1.54, 1.807) is 0 Å². The number of rotatable bonds is 4. The van der Waals surface area contributed by atoms with E-state index in [-0.39, 0.29) is 5.91 Å². The zero-order valence-electron chi connectivity index (χ0n) is 14.3. The molecule has 0 bridgehead atoms. The largest absolute Gasteiger partial charge is 0.342 e. The molecular formula is C18H26N4O. The van der Waals surface area contributed by atoms with Gasteiger partial charge in [-0.1, -0.05) is 13.0 Å². The zero-order chi connectivity index (χ0) is 16.4. The molecule has 0 unspecified atom stereocenters. The van der Waals surface area contributed by atoms with Crippen LogP contribution in [0.25, 0.3) is 5.65 Å². The van der Waals surface area contributed by atoms with Crippen LogP contribution in [-0.4, -0.2) is 57.8 Å². The highest BCUT2D eigenvalue weighted by molar-refractivity contribution is 5.78. The normalized spacial score (nSPS) is 16.8. The van der Waals surface area contributed by atoms with Gasteiger partial charge < -0.3 is 14.2 Å². The number of nitrogens with zero attached hydrogens (tertiary/aromatic N) is 4. The number of likely N-dealkylation sites (N-methyl/N-ethyl adjacent to an activating group) is 1. The summed E-state index contributed by atoms with van der Waals surface area (Å²) in [6.45, 7) is 7.52. The Labute approximate surface area is 137 Å².